The van der Waals surface area contributed by atoms with Crippen LogP contribution < -0.4 is 10.6 Å². The molecule has 126 valence electrons. The van der Waals surface area contributed by atoms with Gasteiger partial charge in [0.2, 0.25) is 0 Å². The molecular formula is C17H24ClN3O2. The number of aliphatic hydroxyl groups is 1. The van der Waals surface area contributed by atoms with E-state index in [1.165, 1.54) is 0 Å². The summed E-state index contributed by atoms with van der Waals surface area (Å²) in [7, 11) is 3.75. The van der Waals surface area contributed by atoms with Gasteiger partial charge < -0.3 is 20.3 Å². The number of piperidine rings is 1. The number of aldehydes is 1. The van der Waals surface area contributed by atoms with Crippen molar-refractivity contribution in [2.24, 2.45) is 7.05 Å². The minimum Gasteiger partial charge on any atom is -0.390 e. The molecule has 23 heavy (non-hydrogen) atoms. The van der Waals surface area contributed by atoms with Crippen LogP contribution in [0.1, 0.15) is 22.5 Å². The second kappa shape index (κ2) is 7.93. The number of nitrogens with one attached hydrogen (secondary N) is 2. The first-order valence-electron chi connectivity index (χ1n) is 7.75. The number of aryl methyl sites for hydroxylation is 2. The molecule has 2 aromatic rings. The molecule has 6 heteroatoms. The van der Waals surface area contributed by atoms with Gasteiger partial charge in [-0.3, -0.25) is 4.79 Å². The van der Waals surface area contributed by atoms with E-state index in [4.69, 9.17) is 11.6 Å². The van der Waals surface area contributed by atoms with Crippen LogP contribution in [0.25, 0.3) is 10.9 Å². The zero-order valence-electron chi connectivity index (χ0n) is 13.8. The number of nitrogens with zero attached hydrogens (tertiary/aromatic N) is 1. The van der Waals surface area contributed by atoms with Gasteiger partial charge in [-0.1, -0.05) is 17.7 Å². The van der Waals surface area contributed by atoms with E-state index in [9.17, 15) is 9.90 Å². The molecule has 3 rings (SSSR count). The van der Waals surface area contributed by atoms with Crippen molar-refractivity contribution in [2.45, 2.75) is 25.5 Å². The second-order valence-corrected chi connectivity index (χ2v) is 6.21. The largest absolute Gasteiger partial charge is 0.390 e. The number of hydrogen-bond acceptors (Lipinski definition) is 4. The summed E-state index contributed by atoms with van der Waals surface area (Å²) in [5.41, 5.74) is 2.66. The summed E-state index contributed by atoms with van der Waals surface area (Å²) in [6.45, 7) is 3.70. The van der Waals surface area contributed by atoms with E-state index >= 15 is 0 Å². The van der Waals surface area contributed by atoms with E-state index in [1.807, 2.05) is 43.8 Å². The van der Waals surface area contributed by atoms with Crippen molar-refractivity contribution in [1.82, 2.24) is 15.2 Å². The highest BCUT2D eigenvalue weighted by atomic mass is 35.5. The van der Waals surface area contributed by atoms with Crippen LogP contribution in [0.15, 0.2) is 18.2 Å². The molecule has 0 spiro atoms. The van der Waals surface area contributed by atoms with Crippen LogP contribution in [-0.2, 0) is 7.05 Å². The van der Waals surface area contributed by atoms with E-state index in [2.05, 4.69) is 10.6 Å². The maximum atomic E-state index is 10.7. The van der Waals surface area contributed by atoms with E-state index in [-0.39, 0.29) is 6.10 Å². The van der Waals surface area contributed by atoms with Crippen LogP contribution in [0.2, 0.25) is 5.02 Å². The van der Waals surface area contributed by atoms with Gasteiger partial charge >= 0.3 is 0 Å². The molecule has 0 saturated carbocycles. The molecule has 0 radical (unpaired) electrons. The molecular weight excluding hydrogens is 314 g/mol. The highest BCUT2D eigenvalue weighted by molar-refractivity contribution is 6.36. The van der Waals surface area contributed by atoms with Gasteiger partial charge in [-0.05, 0) is 44.6 Å². The summed E-state index contributed by atoms with van der Waals surface area (Å²) in [6.07, 6.45) is 1.66. The Morgan fingerprint density at radius 2 is 2.22 bits per heavy atom. The zero-order chi connectivity index (χ0) is 17.0. The molecule has 0 aliphatic carbocycles. The molecule has 2 heterocycles. The number of benzene rings is 1. The number of halogens is 1. The number of fused-ring (bicyclic) bond motifs is 1. The topological polar surface area (TPSA) is 66.3 Å². The average Bonchev–Trinajstić information content (AvgIpc) is 2.89. The first kappa shape index (κ1) is 17.9. The van der Waals surface area contributed by atoms with E-state index in [1.54, 1.807) is 0 Å². The number of carbonyl (C=O) groups is 1. The summed E-state index contributed by atoms with van der Waals surface area (Å²) < 4.78 is 1.84. The molecule has 1 fully saturated rings. The quantitative estimate of drug-likeness (QED) is 0.732. The van der Waals surface area contributed by atoms with E-state index in [0.29, 0.717) is 11.7 Å². The number of aliphatic hydroxyl groups excluding tert-OH is 1. The maximum absolute atomic E-state index is 10.7. The Balaban J connectivity index is 0.000000185. The lowest BCUT2D eigenvalue weighted by atomic mass is 10.0. The number of β-amino-alcohol motifs (C(OH)–C–C–N with tert-alkyl or cyclic N) is 1. The van der Waals surface area contributed by atoms with Crippen LogP contribution in [0, 0.1) is 6.92 Å². The van der Waals surface area contributed by atoms with Crippen LogP contribution in [0.3, 0.4) is 0 Å². The second-order valence-electron chi connectivity index (χ2n) is 5.83. The van der Waals surface area contributed by atoms with Crippen LogP contribution in [-0.4, -0.2) is 48.2 Å². The Bertz CT molecular complexity index is 684. The minimum absolute atomic E-state index is 0.205. The Kier molecular flexibility index (Phi) is 6.18. The first-order chi connectivity index (χ1) is 11.0. The molecule has 0 amide bonds. The molecule has 0 bridgehead atoms. The fourth-order valence-corrected chi connectivity index (χ4v) is 3.01. The molecule has 1 aromatic carbocycles. The molecule has 2 atom stereocenters. The Morgan fingerprint density at radius 3 is 2.78 bits per heavy atom. The summed E-state index contributed by atoms with van der Waals surface area (Å²) in [5, 5.41) is 17.1. The molecule has 1 aromatic heterocycles. The monoisotopic (exact) mass is 337 g/mol. The van der Waals surface area contributed by atoms with Gasteiger partial charge in [0, 0.05) is 30.5 Å². The van der Waals surface area contributed by atoms with Gasteiger partial charge in [-0.15, -0.1) is 0 Å². The Labute approximate surface area is 141 Å². The van der Waals surface area contributed by atoms with Gasteiger partial charge in [0.1, 0.15) is 0 Å². The van der Waals surface area contributed by atoms with Gasteiger partial charge in [0.05, 0.1) is 16.8 Å². The van der Waals surface area contributed by atoms with Gasteiger partial charge in [0.25, 0.3) is 0 Å². The third kappa shape index (κ3) is 3.93. The highest BCUT2D eigenvalue weighted by Crippen LogP contribution is 2.28. The summed E-state index contributed by atoms with van der Waals surface area (Å²) in [4.78, 5) is 10.7. The SMILES string of the molecule is CNC1CCNCC1O.Cc1ccc2c(cc(C=O)n2C)c1Cl. The van der Waals surface area contributed by atoms with Crippen LogP contribution in [0.5, 0.6) is 0 Å². The molecule has 1 aliphatic heterocycles. The smallest absolute Gasteiger partial charge is 0.166 e. The number of likely N-dealkylation sites (N-methyl/N-ethyl adjacent to an activating group) is 1. The normalized spacial score (nSPS) is 20.9. The standard InChI is InChI=1S/C11H10ClNO.C6H14N2O/c1-7-3-4-10-9(11(7)12)5-8(6-14)13(10)2;1-7-5-2-3-8-4-6(5)9/h3-6H,1-2H3;5-9H,2-4H2,1H3. The fourth-order valence-electron chi connectivity index (χ4n) is 2.80. The van der Waals surface area contributed by atoms with Crippen molar-refractivity contribution in [2.75, 3.05) is 20.1 Å². The Hall–Kier alpha value is -1.40. The highest BCUT2D eigenvalue weighted by Gasteiger charge is 2.19. The number of aromatic nitrogens is 1. The number of carbonyl (C=O) groups excluding carboxylic acids is 1. The lowest BCUT2D eigenvalue weighted by Crippen LogP contribution is -2.49. The molecule has 1 saturated heterocycles. The molecule has 3 N–H and O–H groups in total. The molecule has 1 aliphatic rings. The van der Waals surface area contributed by atoms with Crippen LogP contribution in [0.4, 0.5) is 0 Å². The lowest BCUT2D eigenvalue weighted by Gasteiger charge is -2.27. The van der Waals surface area contributed by atoms with Crippen molar-refractivity contribution in [1.29, 1.82) is 0 Å². The summed E-state index contributed by atoms with van der Waals surface area (Å²) in [5.74, 6) is 0. The number of hydrogen-bond donors (Lipinski definition) is 3. The first-order valence-corrected chi connectivity index (χ1v) is 8.13. The summed E-state index contributed by atoms with van der Waals surface area (Å²) >= 11 is 6.14. The molecule has 5 nitrogen and oxygen atoms in total. The van der Waals surface area contributed by atoms with Crippen molar-refractivity contribution < 1.29 is 9.90 Å². The average molecular weight is 338 g/mol. The minimum atomic E-state index is -0.205. The van der Waals surface area contributed by atoms with Crippen molar-refractivity contribution >= 4 is 28.8 Å². The predicted molar refractivity (Wildman–Crippen MR) is 94.4 cm³/mol. The predicted octanol–water partition coefficient (Wildman–Crippen LogP) is 1.88. The maximum Gasteiger partial charge on any atom is 0.166 e. The zero-order valence-corrected chi connectivity index (χ0v) is 14.5. The van der Waals surface area contributed by atoms with E-state index in [0.717, 1.165) is 47.3 Å². The van der Waals surface area contributed by atoms with Crippen molar-refractivity contribution in [3.8, 4) is 0 Å². The van der Waals surface area contributed by atoms with E-state index < -0.39 is 0 Å². The number of rotatable bonds is 2. The Morgan fingerprint density at radius 1 is 1.48 bits per heavy atom. The lowest BCUT2D eigenvalue weighted by molar-refractivity contribution is 0.107. The summed E-state index contributed by atoms with van der Waals surface area (Å²) in [6, 6.07) is 6.05. The van der Waals surface area contributed by atoms with Crippen LogP contribution >= 0.6 is 11.6 Å². The van der Waals surface area contributed by atoms with Gasteiger partial charge in [0.15, 0.2) is 6.29 Å². The third-order valence-electron chi connectivity index (χ3n) is 4.33. The van der Waals surface area contributed by atoms with Crippen molar-refractivity contribution in [3.05, 3.63) is 34.5 Å². The van der Waals surface area contributed by atoms with Crippen molar-refractivity contribution in [3.63, 3.8) is 0 Å². The third-order valence-corrected chi connectivity index (χ3v) is 4.83. The van der Waals surface area contributed by atoms with Gasteiger partial charge in [-0.25, -0.2) is 0 Å². The fraction of sp³-hybridized carbons (Fsp3) is 0.471. The van der Waals surface area contributed by atoms with Gasteiger partial charge in [-0.2, -0.15) is 0 Å². The molecule has 2 unspecified atom stereocenters.